The van der Waals surface area contributed by atoms with Crippen LogP contribution in [0.5, 0.6) is 0 Å². The average molecular weight is 184 g/mol. The summed E-state index contributed by atoms with van der Waals surface area (Å²) in [7, 11) is 1.85. The lowest BCUT2D eigenvalue weighted by atomic mass is 10.2. The molecule has 0 fully saturated rings. The molecule has 1 atom stereocenters. The Labute approximate surface area is 77.8 Å². The number of nitrogens with zero attached hydrogens (tertiary/aromatic N) is 3. The lowest BCUT2D eigenvalue weighted by molar-refractivity contribution is 0.237. The molecular weight excluding hydrogens is 168 g/mol. The van der Waals surface area contributed by atoms with Gasteiger partial charge in [-0.2, -0.15) is 0 Å². The smallest absolute Gasteiger partial charge is 0.0738 e. The van der Waals surface area contributed by atoms with Crippen molar-refractivity contribution in [2.75, 3.05) is 6.61 Å². The fraction of sp³-hybridized carbons (Fsp3) is 0.750. The molecule has 0 aliphatic carbocycles. The number of hydrogen-bond acceptors (Lipinski definition) is 4. The van der Waals surface area contributed by atoms with Gasteiger partial charge in [0, 0.05) is 19.6 Å². The van der Waals surface area contributed by atoms with Gasteiger partial charge in [-0.3, -0.25) is 4.68 Å². The Hall–Kier alpha value is -0.940. The van der Waals surface area contributed by atoms with Crippen LogP contribution < -0.4 is 5.32 Å². The maximum Gasteiger partial charge on any atom is 0.0738 e. The predicted octanol–water partition coefficient (Wildman–Crippen LogP) is -0.324. The minimum Gasteiger partial charge on any atom is -0.395 e. The first kappa shape index (κ1) is 10.1. The van der Waals surface area contributed by atoms with Crippen molar-refractivity contribution < 1.29 is 5.11 Å². The molecule has 13 heavy (non-hydrogen) atoms. The van der Waals surface area contributed by atoms with Crippen molar-refractivity contribution in [3.05, 3.63) is 11.9 Å². The van der Waals surface area contributed by atoms with Gasteiger partial charge in [0.05, 0.1) is 18.5 Å². The molecule has 0 aromatic carbocycles. The van der Waals surface area contributed by atoms with Gasteiger partial charge in [-0.15, -0.1) is 5.10 Å². The van der Waals surface area contributed by atoms with Crippen LogP contribution >= 0.6 is 0 Å². The second kappa shape index (κ2) is 4.94. The molecule has 1 unspecified atom stereocenters. The molecule has 1 rings (SSSR count). The van der Waals surface area contributed by atoms with Crippen LogP contribution in [0.3, 0.4) is 0 Å². The molecule has 0 amide bonds. The van der Waals surface area contributed by atoms with Gasteiger partial charge in [0.1, 0.15) is 0 Å². The van der Waals surface area contributed by atoms with E-state index >= 15 is 0 Å². The van der Waals surface area contributed by atoms with Crippen LogP contribution in [0.2, 0.25) is 0 Å². The van der Waals surface area contributed by atoms with Crippen LogP contribution in [0.25, 0.3) is 0 Å². The highest BCUT2D eigenvalue weighted by Crippen LogP contribution is 1.95. The van der Waals surface area contributed by atoms with Crippen LogP contribution in [-0.2, 0) is 13.6 Å². The molecule has 0 aliphatic rings. The standard InChI is InChI=1S/C8H16N4O/c1-3-7(6-13)9-4-8-5-10-11-12(8)2/h5,7,9,13H,3-4,6H2,1-2H3. The van der Waals surface area contributed by atoms with E-state index in [0.717, 1.165) is 12.1 Å². The highest BCUT2D eigenvalue weighted by atomic mass is 16.3. The van der Waals surface area contributed by atoms with Gasteiger partial charge in [-0.25, -0.2) is 0 Å². The predicted molar refractivity (Wildman–Crippen MR) is 49.0 cm³/mol. The Kier molecular flexibility index (Phi) is 3.85. The van der Waals surface area contributed by atoms with Gasteiger partial charge in [0.15, 0.2) is 0 Å². The van der Waals surface area contributed by atoms with Crippen molar-refractivity contribution in [2.45, 2.75) is 25.9 Å². The molecule has 2 N–H and O–H groups in total. The van der Waals surface area contributed by atoms with Crippen LogP contribution in [0.15, 0.2) is 6.20 Å². The number of aliphatic hydroxyl groups is 1. The number of aryl methyl sites for hydroxylation is 1. The van der Waals surface area contributed by atoms with E-state index in [4.69, 9.17) is 5.11 Å². The van der Waals surface area contributed by atoms with Crippen molar-refractivity contribution in [3.63, 3.8) is 0 Å². The summed E-state index contributed by atoms with van der Waals surface area (Å²) in [5, 5.41) is 19.7. The summed E-state index contributed by atoms with van der Waals surface area (Å²) in [4.78, 5) is 0. The normalized spacial score (nSPS) is 13.2. The monoisotopic (exact) mass is 184 g/mol. The zero-order valence-corrected chi connectivity index (χ0v) is 8.06. The first-order chi connectivity index (χ1) is 6.27. The highest BCUT2D eigenvalue weighted by molar-refractivity contribution is 4.92. The van der Waals surface area contributed by atoms with Crippen LogP contribution in [0.4, 0.5) is 0 Å². The van der Waals surface area contributed by atoms with Gasteiger partial charge in [-0.1, -0.05) is 12.1 Å². The number of rotatable bonds is 5. The number of aliphatic hydroxyl groups excluding tert-OH is 1. The van der Waals surface area contributed by atoms with E-state index < -0.39 is 0 Å². The Morgan fingerprint density at radius 3 is 2.92 bits per heavy atom. The zero-order chi connectivity index (χ0) is 9.68. The molecule has 0 bridgehead atoms. The van der Waals surface area contributed by atoms with Gasteiger partial charge in [0.25, 0.3) is 0 Å². The minimum atomic E-state index is 0.162. The fourth-order valence-electron chi connectivity index (χ4n) is 1.06. The minimum absolute atomic E-state index is 0.162. The zero-order valence-electron chi connectivity index (χ0n) is 8.06. The van der Waals surface area contributed by atoms with E-state index in [1.165, 1.54) is 0 Å². The molecular formula is C8H16N4O. The summed E-state index contributed by atoms with van der Waals surface area (Å²) in [6, 6.07) is 0.162. The molecule has 0 aliphatic heterocycles. The molecule has 0 saturated heterocycles. The van der Waals surface area contributed by atoms with Crippen molar-refractivity contribution in [2.24, 2.45) is 7.05 Å². The molecule has 0 saturated carbocycles. The molecule has 5 nitrogen and oxygen atoms in total. The summed E-state index contributed by atoms with van der Waals surface area (Å²) < 4.78 is 1.72. The number of nitrogens with one attached hydrogen (secondary N) is 1. The third-order valence-electron chi connectivity index (χ3n) is 2.09. The maximum absolute atomic E-state index is 8.92. The third-order valence-corrected chi connectivity index (χ3v) is 2.09. The Morgan fingerprint density at radius 1 is 1.69 bits per heavy atom. The molecule has 1 aromatic heterocycles. The van der Waals surface area contributed by atoms with Gasteiger partial charge >= 0.3 is 0 Å². The lowest BCUT2D eigenvalue weighted by Crippen LogP contribution is -2.31. The van der Waals surface area contributed by atoms with E-state index in [9.17, 15) is 0 Å². The third kappa shape index (κ3) is 2.78. The second-order valence-corrected chi connectivity index (χ2v) is 3.02. The molecule has 1 heterocycles. The molecule has 74 valence electrons. The molecule has 1 aromatic rings. The van der Waals surface area contributed by atoms with Crippen molar-refractivity contribution in [1.29, 1.82) is 0 Å². The van der Waals surface area contributed by atoms with Crippen LogP contribution in [0, 0.1) is 0 Å². The highest BCUT2D eigenvalue weighted by Gasteiger charge is 2.05. The summed E-state index contributed by atoms with van der Waals surface area (Å²) in [6.07, 6.45) is 2.64. The average Bonchev–Trinajstić information content (AvgIpc) is 2.54. The van der Waals surface area contributed by atoms with Gasteiger partial charge < -0.3 is 10.4 Å². The van der Waals surface area contributed by atoms with Crippen LogP contribution in [-0.4, -0.2) is 32.7 Å². The molecule has 0 radical (unpaired) electrons. The summed E-state index contributed by atoms with van der Waals surface area (Å²) >= 11 is 0. The quantitative estimate of drug-likeness (QED) is 0.658. The van der Waals surface area contributed by atoms with Crippen molar-refractivity contribution in [3.8, 4) is 0 Å². The summed E-state index contributed by atoms with van der Waals surface area (Å²) in [6.45, 7) is 2.90. The molecule has 0 spiro atoms. The Balaban J connectivity index is 2.38. The first-order valence-corrected chi connectivity index (χ1v) is 4.45. The topological polar surface area (TPSA) is 63.0 Å². The largest absolute Gasteiger partial charge is 0.395 e. The fourth-order valence-corrected chi connectivity index (χ4v) is 1.06. The Bertz CT molecular complexity index is 244. The maximum atomic E-state index is 8.92. The van der Waals surface area contributed by atoms with E-state index in [1.807, 2.05) is 14.0 Å². The van der Waals surface area contributed by atoms with Crippen molar-refractivity contribution >= 4 is 0 Å². The summed E-state index contributed by atoms with van der Waals surface area (Å²) in [5.74, 6) is 0. The van der Waals surface area contributed by atoms with Crippen molar-refractivity contribution in [1.82, 2.24) is 20.3 Å². The first-order valence-electron chi connectivity index (χ1n) is 4.45. The Morgan fingerprint density at radius 2 is 2.46 bits per heavy atom. The van der Waals surface area contributed by atoms with E-state index in [1.54, 1.807) is 10.9 Å². The SMILES string of the molecule is CCC(CO)NCc1cnnn1C. The van der Waals surface area contributed by atoms with E-state index in [2.05, 4.69) is 15.6 Å². The van der Waals surface area contributed by atoms with E-state index in [-0.39, 0.29) is 12.6 Å². The van der Waals surface area contributed by atoms with E-state index in [0.29, 0.717) is 6.54 Å². The molecule has 5 heteroatoms. The second-order valence-electron chi connectivity index (χ2n) is 3.02. The van der Waals surface area contributed by atoms with Gasteiger partial charge in [-0.05, 0) is 6.42 Å². The van der Waals surface area contributed by atoms with Crippen LogP contribution in [0.1, 0.15) is 19.0 Å². The van der Waals surface area contributed by atoms with Gasteiger partial charge in [0.2, 0.25) is 0 Å². The number of hydrogen-bond donors (Lipinski definition) is 2. The number of aromatic nitrogens is 3. The lowest BCUT2D eigenvalue weighted by Gasteiger charge is -2.13. The summed E-state index contributed by atoms with van der Waals surface area (Å²) in [5.41, 5.74) is 1.02.